The van der Waals surface area contributed by atoms with Gasteiger partial charge in [-0.2, -0.15) is 0 Å². The Morgan fingerprint density at radius 3 is 2.74 bits per heavy atom. The summed E-state index contributed by atoms with van der Waals surface area (Å²) in [7, 11) is 1.72. The van der Waals surface area contributed by atoms with E-state index in [9.17, 15) is 4.79 Å². The molecular weight excluding hydrogens is 240 g/mol. The third-order valence-corrected chi connectivity index (χ3v) is 5.75. The molecule has 3 unspecified atom stereocenters. The van der Waals surface area contributed by atoms with E-state index in [1.165, 1.54) is 12.8 Å². The molecule has 2 aliphatic carbocycles. The Morgan fingerprint density at radius 2 is 2.16 bits per heavy atom. The van der Waals surface area contributed by atoms with E-state index in [0.717, 1.165) is 38.8 Å². The lowest BCUT2D eigenvalue weighted by Gasteiger charge is -2.43. The minimum Gasteiger partial charge on any atom is -0.385 e. The van der Waals surface area contributed by atoms with Crippen molar-refractivity contribution in [3.05, 3.63) is 0 Å². The van der Waals surface area contributed by atoms with Crippen LogP contribution in [0.25, 0.3) is 0 Å². The number of hydrogen-bond acceptors (Lipinski definition) is 3. The Hall–Kier alpha value is -0.610. The fourth-order valence-electron chi connectivity index (χ4n) is 4.28. The van der Waals surface area contributed by atoms with Crippen molar-refractivity contribution in [2.24, 2.45) is 23.0 Å². The lowest BCUT2D eigenvalue weighted by molar-refractivity contribution is -0.148. The van der Waals surface area contributed by atoms with Crippen LogP contribution in [0.4, 0.5) is 0 Å². The number of ether oxygens (including phenoxy) is 1. The maximum Gasteiger partial charge on any atom is 0.228 e. The van der Waals surface area contributed by atoms with Crippen molar-refractivity contribution >= 4 is 5.91 Å². The van der Waals surface area contributed by atoms with Gasteiger partial charge in [-0.3, -0.25) is 4.79 Å². The number of nitrogens with zero attached hydrogens (tertiary/aromatic N) is 1. The second-order valence-corrected chi connectivity index (χ2v) is 6.75. The van der Waals surface area contributed by atoms with Crippen molar-refractivity contribution < 1.29 is 9.53 Å². The molecule has 0 bridgehead atoms. The smallest absolute Gasteiger partial charge is 0.228 e. The first kappa shape index (κ1) is 13.4. The molecule has 3 rings (SSSR count). The van der Waals surface area contributed by atoms with Crippen LogP contribution >= 0.6 is 0 Å². The van der Waals surface area contributed by atoms with Crippen molar-refractivity contribution in [2.45, 2.75) is 44.6 Å². The molecule has 3 aliphatic rings. The third kappa shape index (κ3) is 2.19. The van der Waals surface area contributed by atoms with Gasteiger partial charge in [0.25, 0.3) is 0 Å². The Kier molecular flexibility index (Phi) is 3.56. The van der Waals surface area contributed by atoms with E-state index in [1.807, 2.05) is 0 Å². The van der Waals surface area contributed by atoms with Crippen molar-refractivity contribution in [1.29, 1.82) is 0 Å². The molecule has 1 heterocycles. The molecule has 0 aromatic rings. The second kappa shape index (κ2) is 5.06. The summed E-state index contributed by atoms with van der Waals surface area (Å²) >= 11 is 0. The van der Waals surface area contributed by atoms with Gasteiger partial charge in [-0.15, -0.1) is 0 Å². The van der Waals surface area contributed by atoms with E-state index in [0.29, 0.717) is 30.4 Å². The molecule has 2 saturated carbocycles. The van der Waals surface area contributed by atoms with E-state index in [4.69, 9.17) is 10.5 Å². The van der Waals surface area contributed by atoms with E-state index >= 15 is 0 Å². The average molecular weight is 266 g/mol. The van der Waals surface area contributed by atoms with E-state index < -0.39 is 0 Å². The molecule has 1 saturated heterocycles. The zero-order valence-corrected chi connectivity index (χ0v) is 11.9. The zero-order valence-electron chi connectivity index (χ0n) is 11.9. The Bertz CT molecular complexity index is 354. The van der Waals surface area contributed by atoms with Gasteiger partial charge in [0.15, 0.2) is 0 Å². The number of likely N-dealkylation sites (tertiary alicyclic amines) is 1. The highest BCUT2D eigenvalue weighted by molar-refractivity contribution is 5.84. The minimum atomic E-state index is -0.0985. The van der Waals surface area contributed by atoms with Gasteiger partial charge in [0.2, 0.25) is 5.91 Å². The molecule has 1 amide bonds. The van der Waals surface area contributed by atoms with Crippen molar-refractivity contribution in [3.8, 4) is 0 Å². The molecule has 0 aromatic carbocycles. The van der Waals surface area contributed by atoms with Crippen LogP contribution in [-0.4, -0.2) is 43.7 Å². The second-order valence-electron chi connectivity index (χ2n) is 6.75. The highest BCUT2D eigenvalue weighted by Gasteiger charge is 2.50. The maximum atomic E-state index is 12.8. The summed E-state index contributed by atoms with van der Waals surface area (Å²) in [6.07, 6.45) is 6.53. The molecule has 4 nitrogen and oxygen atoms in total. The number of fused-ring (bicyclic) bond motifs is 1. The first-order chi connectivity index (χ1) is 9.16. The van der Waals surface area contributed by atoms with Crippen molar-refractivity contribution in [1.82, 2.24) is 4.90 Å². The fraction of sp³-hybridized carbons (Fsp3) is 0.933. The van der Waals surface area contributed by atoms with Crippen molar-refractivity contribution in [2.75, 3.05) is 26.8 Å². The van der Waals surface area contributed by atoms with Crippen LogP contribution in [0, 0.1) is 17.3 Å². The molecule has 3 atom stereocenters. The van der Waals surface area contributed by atoms with Gasteiger partial charge in [-0.05, 0) is 43.9 Å². The molecule has 3 fully saturated rings. The summed E-state index contributed by atoms with van der Waals surface area (Å²) in [5.41, 5.74) is 6.06. The summed E-state index contributed by atoms with van der Waals surface area (Å²) in [6.45, 7) is 2.55. The minimum absolute atomic E-state index is 0.0985. The number of rotatable bonds is 4. The third-order valence-electron chi connectivity index (χ3n) is 5.75. The lowest BCUT2D eigenvalue weighted by atomic mass is 9.66. The highest BCUT2D eigenvalue weighted by atomic mass is 16.5. The van der Waals surface area contributed by atoms with Gasteiger partial charge in [-0.25, -0.2) is 0 Å². The van der Waals surface area contributed by atoms with Gasteiger partial charge in [0.05, 0.1) is 5.41 Å². The molecular formula is C15H26N2O2. The first-order valence-electron chi connectivity index (χ1n) is 7.70. The normalized spacial score (nSPS) is 36.1. The van der Waals surface area contributed by atoms with E-state index in [2.05, 4.69) is 4.90 Å². The van der Waals surface area contributed by atoms with E-state index in [-0.39, 0.29) is 5.41 Å². The van der Waals surface area contributed by atoms with Gasteiger partial charge < -0.3 is 15.4 Å². The average Bonchev–Trinajstić information content (AvgIpc) is 2.91. The van der Waals surface area contributed by atoms with E-state index in [1.54, 1.807) is 7.11 Å². The van der Waals surface area contributed by atoms with Crippen LogP contribution in [0.2, 0.25) is 0 Å². The number of amides is 1. The monoisotopic (exact) mass is 266 g/mol. The number of nitrogens with two attached hydrogens (primary N) is 1. The lowest BCUT2D eigenvalue weighted by Crippen LogP contribution is -2.48. The molecule has 19 heavy (non-hydrogen) atoms. The van der Waals surface area contributed by atoms with Gasteiger partial charge in [0, 0.05) is 32.8 Å². The number of methoxy groups -OCH3 is 1. The van der Waals surface area contributed by atoms with Gasteiger partial charge in [0.1, 0.15) is 0 Å². The molecule has 4 heteroatoms. The van der Waals surface area contributed by atoms with Crippen LogP contribution < -0.4 is 5.73 Å². The summed E-state index contributed by atoms with van der Waals surface area (Å²) in [5.74, 6) is 1.61. The maximum absolute atomic E-state index is 12.8. The highest BCUT2D eigenvalue weighted by Crippen LogP contribution is 2.47. The summed E-state index contributed by atoms with van der Waals surface area (Å²) < 4.78 is 5.19. The van der Waals surface area contributed by atoms with Crippen LogP contribution in [0.3, 0.4) is 0 Å². The van der Waals surface area contributed by atoms with Gasteiger partial charge in [-0.1, -0.05) is 6.42 Å². The van der Waals surface area contributed by atoms with Gasteiger partial charge >= 0.3 is 0 Å². The molecule has 0 aromatic heterocycles. The standard InChI is InChI=1S/C15H26N2O2/c1-19-8-7-15(5-2-6-15)14(18)17-9-11-3-4-13(16)12(11)10-17/h11-13H,2-10,16H2,1H3. The fourth-order valence-corrected chi connectivity index (χ4v) is 4.28. The SMILES string of the molecule is COCCC1(C(=O)N2CC3CCC(N)C3C2)CCC1. The zero-order chi connectivity index (χ0) is 13.5. The van der Waals surface area contributed by atoms with Crippen LogP contribution in [0.15, 0.2) is 0 Å². The van der Waals surface area contributed by atoms with Crippen LogP contribution in [0.1, 0.15) is 38.5 Å². The molecule has 108 valence electrons. The predicted molar refractivity (Wildman–Crippen MR) is 73.5 cm³/mol. The summed E-state index contributed by atoms with van der Waals surface area (Å²) in [6, 6.07) is 0.319. The molecule has 0 spiro atoms. The molecule has 0 radical (unpaired) electrons. The largest absolute Gasteiger partial charge is 0.385 e. The predicted octanol–water partition coefficient (Wildman–Crippen LogP) is 1.39. The number of hydrogen-bond donors (Lipinski definition) is 1. The summed E-state index contributed by atoms with van der Waals surface area (Å²) in [4.78, 5) is 14.9. The first-order valence-corrected chi connectivity index (χ1v) is 7.70. The molecule has 1 aliphatic heterocycles. The van der Waals surface area contributed by atoms with Crippen LogP contribution in [-0.2, 0) is 9.53 Å². The summed E-state index contributed by atoms with van der Waals surface area (Å²) in [5, 5.41) is 0. The Morgan fingerprint density at radius 1 is 1.37 bits per heavy atom. The number of carbonyl (C=O) groups is 1. The topological polar surface area (TPSA) is 55.6 Å². The molecule has 2 N–H and O–H groups in total. The number of carbonyl (C=O) groups excluding carboxylic acids is 1. The quantitative estimate of drug-likeness (QED) is 0.836. The Balaban J connectivity index is 1.64. The van der Waals surface area contributed by atoms with Crippen molar-refractivity contribution in [3.63, 3.8) is 0 Å². The van der Waals surface area contributed by atoms with Crippen LogP contribution in [0.5, 0.6) is 0 Å². The Labute approximate surface area is 115 Å².